The number of aryl methyl sites for hydroxylation is 2. The first kappa shape index (κ1) is 12.8. The Bertz CT molecular complexity index is 470. The highest BCUT2D eigenvalue weighted by Gasteiger charge is 2.16. The van der Waals surface area contributed by atoms with Crippen LogP contribution in [-0.2, 0) is 6.42 Å². The average Bonchev–Trinajstić information content (AvgIpc) is 2.94. The van der Waals surface area contributed by atoms with Gasteiger partial charge in [0.15, 0.2) is 0 Å². The lowest BCUT2D eigenvalue weighted by atomic mass is 10.2. The van der Waals surface area contributed by atoms with Gasteiger partial charge in [-0.05, 0) is 44.2 Å². The molecule has 0 amide bonds. The van der Waals surface area contributed by atoms with Crippen LogP contribution in [0.3, 0.4) is 0 Å². The second kappa shape index (κ2) is 5.80. The van der Waals surface area contributed by atoms with E-state index < -0.39 is 0 Å². The third-order valence-corrected chi connectivity index (χ3v) is 5.13. The Labute approximate surface area is 112 Å². The zero-order valence-electron chi connectivity index (χ0n) is 10.6. The molecule has 0 saturated heterocycles. The zero-order chi connectivity index (χ0) is 12.3. The normalized spacial score (nSPS) is 12.9. The molecule has 92 valence electrons. The molecule has 0 fully saturated rings. The summed E-state index contributed by atoms with van der Waals surface area (Å²) < 4.78 is 0. The molecule has 0 radical (unpaired) electrons. The van der Waals surface area contributed by atoms with Crippen LogP contribution in [0, 0.1) is 6.92 Å². The maximum atomic E-state index is 3.59. The molecule has 2 heterocycles. The SMILES string of the molecule is CCNC(c1ccc(C)s1)c1ccc(CC)s1. The van der Waals surface area contributed by atoms with Gasteiger partial charge in [0.05, 0.1) is 6.04 Å². The van der Waals surface area contributed by atoms with Crippen molar-refractivity contribution < 1.29 is 0 Å². The summed E-state index contributed by atoms with van der Waals surface area (Å²) >= 11 is 3.82. The Morgan fingerprint density at radius 2 is 1.76 bits per heavy atom. The third-order valence-electron chi connectivity index (χ3n) is 2.77. The van der Waals surface area contributed by atoms with Crippen molar-refractivity contribution in [2.24, 2.45) is 0 Å². The minimum absolute atomic E-state index is 0.379. The van der Waals surface area contributed by atoms with E-state index in [0.717, 1.165) is 13.0 Å². The summed E-state index contributed by atoms with van der Waals surface area (Å²) in [4.78, 5) is 5.71. The van der Waals surface area contributed by atoms with Crippen LogP contribution < -0.4 is 5.32 Å². The Morgan fingerprint density at radius 1 is 1.06 bits per heavy atom. The Balaban J connectivity index is 2.28. The lowest BCUT2D eigenvalue weighted by Crippen LogP contribution is -2.20. The molecule has 1 nitrogen and oxygen atoms in total. The summed E-state index contributed by atoms with van der Waals surface area (Å²) in [6.07, 6.45) is 1.13. The number of thiophene rings is 2. The number of rotatable bonds is 5. The molecular formula is C14H19NS2. The minimum atomic E-state index is 0.379. The van der Waals surface area contributed by atoms with E-state index in [4.69, 9.17) is 0 Å². The molecule has 17 heavy (non-hydrogen) atoms. The van der Waals surface area contributed by atoms with E-state index >= 15 is 0 Å². The van der Waals surface area contributed by atoms with E-state index in [9.17, 15) is 0 Å². The van der Waals surface area contributed by atoms with Crippen LogP contribution in [0.25, 0.3) is 0 Å². The number of hydrogen-bond acceptors (Lipinski definition) is 3. The Morgan fingerprint density at radius 3 is 2.29 bits per heavy atom. The van der Waals surface area contributed by atoms with Crippen LogP contribution in [0.4, 0.5) is 0 Å². The molecule has 0 aliphatic carbocycles. The van der Waals surface area contributed by atoms with E-state index in [1.165, 1.54) is 19.5 Å². The van der Waals surface area contributed by atoms with Crippen molar-refractivity contribution in [1.29, 1.82) is 0 Å². The molecule has 0 bridgehead atoms. The van der Waals surface area contributed by atoms with Crippen LogP contribution in [0.1, 0.15) is 39.4 Å². The summed E-state index contributed by atoms with van der Waals surface area (Å²) in [6, 6.07) is 9.36. The molecule has 0 spiro atoms. The summed E-state index contributed by atoms with van der Waals surface area (Å²) in [5.41, 5.74) is 0. The van der Waals surface area contributed by atoms with Crippen LogP contribution in [0.2, 0.25) is 0 Å². The zero-order valence-corrected chi connectivity index (χ0v) is 12.3. The second-order valence-corrected chi connectivity index (χ2v) is 6.62. The standard InChI is InChI=1S/C14H19NS2/c1-4-11-7-9-13(17-11)14(15-5-2)12-8-6-10(3)16-12/h6-9,14-15H,4-5H2,1-3H3. The molecule has 0 aromatic carbocycles. The van der Waals surface area contributed by atoms with Gasteiger partial charge in [-0.25, -0.2) is 0 Å². The fourth-order valence-corrected chi connectivity index (χ4v) is 3.99. The monoisotopic (exact) mass is 265 g/mol. The first-order chi connectivity index (χ1) is 8.24. The van der Waals surface area contributed by atoms with Crippen LogP contribution in [-0.4, -0.2) is 6.54 Å². The van der Waals surface area contributed by atoms with E-state index in [1.54, 1.807) is 0 Å². The summed E-state index contributed by atoms with van der Waals surface area (Å²) in [7, 11) is 0. The molecule has 2 aromatic rings. The van der Waals surface area contributed by atoms with Gasteiger partial charge in [0.2, 0.25) is 0 Å². The van der Waals surface area contributed by atoms with E-state index in [-0.39, 0.29) is 0 Å². The van der Waals surface area contributed by atoms with Gasteiger partial charge in [-0.1, -0.05) is 13.8 Å². The van der Waals surface area contributed by atoms with Crippen molar-refractivity contribution in [2.45, 2.75) is 33.2 Å². The maximum Gasteiger partial charge on any atom is 0.0765 e. The largest absolute Gasteiger partial charge is 0.305 e. The van der Waals surface area contributed by atoms with Gasteiger partial charge in [-0.15, -0.1) is 22.7 Å². The van der Waals surface area contributed by atoms with E-state index in [1.807, 2.05) is 22.7 Å². The predicted molar refractivity (Wildman–Crippen MR) is 78.3 cm³/mol. The first-order valence-corrected chi connectivity index (χ1v) is 7.76. The Hall–Kier alpha value is -0.640. The van der Waals surface area contributed by atoms with Gasteiger partial charge < -0.3 is 5.32 Å². The highest BCUT2D eigenvalue weighted by atomic mass is 32.1. The van der Waals surface area contributed by atoms with Gasteiger partial charge in [-0.2, -0.15) is 0 Å². The number of hydrogen-bond donors (Lipinski definition) is 1. The molecule has 3 heteroatoms. The molecule has 2 rings (SSSR count). The highest BCUT2D eigenvalue weighted by molar-refractivity contribution is 7.13. The minimum Gasteiger partial charge on any atom is -0.305 e. The third kappa shape index (κ3) is 2.97. The summed E-state index contributed by atoms with van der Waals surface area (Å²) in [5, 5.41) is 3.59. The molecule has 2 aromatic heterocycles. The van der Waals surface area contributed by atoms with Crippen LogP contribution in [0.15, 0.2) is 24.3 Å². The average molecular weight is 265 g/mol. The fraction of sp³-hybridized carbons (Fsp3) is 0.429. The van der Waals surface area contributed by atoms with E-state index in [0.29, 0.717) is 6.04 Å². The molecule has 0 saturated carbocycles. The Kier molecular flexibility index (Phi) is 4.37. The van der Waals surface area contributed by atoms with Gasteiger partial charge >= 0.3 is 0 Å². The van der Waals surface area contributed by atoms with Crippen molar-refractivity contribution in [2.75, 3.05) is 6.54 Å². The fourth-order valence-electron chi connectivity index (χ4n) is 1.89. The van der Waals surface area contributed by atoms with Gasteiger partial charge in [0, 0.05) is 19.5 Å². The van der Waals surface area contributed by atoms with E-state index in [2.05, 4.69) is 50.4 Å². The van der Waals surface area contributed by atoms with Gasteiger partial charge in [-0.3, -0.25) is 0 Å². The van der Waals surface area contributed by atoms with Crippen molar-refractivity contribution in [3.05, 3.63) is 43.8 Å². The number of nitrogens with one attached hydrogen (secondary N) is 1. The maximum absolute atomic E-state index is 3.59. The predicted octanol–water partition coefficient (Wildman–Crippen LogP) is 4.38. The lowest BCUT2D eigenvalue weighted by molar-refractivity contribution is 0.649. The lowest BCUT2D eigenvalue weighted by Gasteiger charge is -2.14. The first-order valence-electron chi connectivity index (χ1n) is 6.13. The molecule has 1 unspecified atom stereocenters. The second-order valence-electron chi connectivity index (χ2n) is 4.10. The smallest absolute Gasteiger partial charge is 0.0765 e. The summed E-state index contributed by atoms with van der Waals surface area (Å²) in [6.45, 7) is 7.55. The van der Waals surface area contributed by atoms with Crippen molar-refractivity contribution in [3.63, 3.8) is 0 Å². The molecule has 1 atom stereocenters. The molecular weight excluding hydrogens is 246 g/mol. The van der Waals surface area contributed by atoms with Crippen molar-refractivity contribution in [1.82, 2.24) is 5.32 Å². The quantitative estimate of drug-likeness (QED) is 0.846. The van der Waals surface area contributed by atoms with Gasteiger partial charge in [0.1, 0.15) is 0 Å². The van der Waals surface area contributed by atoms with Crippen molar-refractivity contribution in [3.8, 4) is 0 Å². The molecule has 0 aliphatic heterocycles. The van der Waals surface area contributed by atoms with Crippen LogP contribution in [0.5, 0.6) is 0 Å². The summed E-state index contributed by atoms with van der Waals surface area (Å²) in [5.74, 6) is 0. The van der Waals surface area contributed by atoms with Crippen molar-refractivity contribution >= 4 is 22.7 Å². The highest BCUT2D eigenvalue weighted by Crippen LogP contribution is 2.32. The molecule has 1 N–H and O–H groups in total. The molecule has 0 aliphatic rings. The van der Waals surface area contributed by atoms with Gasteiger partial charge in [0.25, 0.3) is 0 Å². The van der Waals surface area contributed by atoms with Crippen LogP contribution >= 0.6 is 22.7 Å². The topological polar surface area (TPSA) is 12.0 Å².